The molecule has 0 atom stereocenters. The number of carbonyl (C=O) groups excluding carboxylic acids is 2. The van der Waals surface area contributed by atoms with Crippen LogP contribution in [0, 0.1) is 13.8 Å². The number of amides is 2. The van der Waals surface area contributed by atoms with Gasteiger partial charge in [0.1, 0.15) is 4.32 Å². The molecule has 33 heavy (non-hydrogen) atoms. The maximum Gasteiger partial charge on any atom is 0.266 e. The number of thiocarbonyl (C=S) groups is 1. The van der Waals surface area contributed by atoms with Crippen molar-refractivity contribution >= 4 is 67.8 Å². The predicted molar refractivity (Wildman–Crippen MR) is 141 cm³/mol. The maximum absolute atomic E-state index is 12.6. The Morgan fingerprint density at radius 1 is 1.30 bits per heavy atom. The summed E-state index contributed by atoms with van der Waals surface area (Å²) in [5.74, 6) is 0.377. The van der Waals surface area contributed by atoms with E-state index >= 15 is 0 Å². The zero-order valence-corrected chi connectivity index (χ0v) is 21.7. The molecule has 6 nitrogen and oxygen atoms in total. The van der Waals surface area contributed by atoms with Crippen molar-refractivity contribution < 1.29 is 19.1 Å². The van der Waals surface area contributed by atoms with Crippen molar-refractivity contribution in [1.29, 1.82) is 0 Å². The molecule has 1 heterocycles. The second-order valence-corrected chi connectivity index (χ2v) is 9.75. The van der Waals surface area contributed by atoms with Gasteiger partial charge in [-0.2, -0.15) is 0 Å². The third-order valence-corrected chi connectivity index (χ3v) is 6.79. The fourth-order valence-corrected chi connectivity index (χ4v) is 5.08. The first-order valence-corrected chi connectivity index (χ1v) is 12.0. The first-order valence-electron chi connectivity index (χ1n) is 9.97. The number of hydrogen-bond acceptors (Lipinski definition) is 6. The Labute approximate surface area is 211 Å². The molecule has 0 unspecified atom stereocenters. The van der Waals surface area contributed by atoms with Crippen LogP contribution >= 0.6 is 39.9 Å². The van der Waals surface area contributed by atoms with Gasteiger partial charge in [-0.25, -0.2) is 0 Å². The summed E-state index contributed by atoms with van der Waals surface area (Å²) in [6.45, 7) is 7.71. The normalized spacial score (nSPS) is 14.5. The standard InChI is InChI=1S/C24H23BrN2O4S2/c1-5-9-27-23(29)19(33-24(27)32)12-16-10-17(25)22(18(11-16)30-4)31-13-20(28)26-21-14(2)7-6-8-15(21)3/h5-8,10-12H,1,9,13H2,2-4H3,(H,26,28)/b19-12-. The summed E-state index contributed by atoms with van der Waals surface area (Å²) in [7, 11) is 1.51. The van der Waals surface area contributed by atoms with Crippen LogP contribution in [0.5, 0.6) is 11.5 Å². The molecule has 1 saturated heterocycles. The Bertz CT molecular complexity index is 1140. The number of para-hydroxylation sites is 1. The Morgan fingerprint density at radius 2 is 2.00 bits per heavy atom. The van der Waals surface area contributed by atoms with Crippen LogP contribution in [0.3, 0.4) is 0 Å². The lowest BCUT2D eigenvalue weighted by atomic mass is 10.1. The molecule has 0 spiro atoms. The molecular weight excluding hydrogens is 524 g/mol. The smallest absolute Gasteiger partial charge is 0.266 e. The van der Waals surface area contributed by atoms with Gasteiger partial charge in [-0.1, -0.05) is 48.3 Å². The van der Waals surface area contributed by atoms with Gasteiger partial charge in [0.25, 0.3) is 11.8 Å². The topological polar surface area (TPSA) is 67.9 Å². The van der Waals surface area contributed by atoms with Crippen molar-refractivity contribution in [3.8, 4) is 11.5 Å². The molecule has 9 heteroatoms. The minimum Gasteiger partial charge on any atom is -0.493 e. The number of benzene rings is 2. The van der Waals surface area contributed by atoms with Gasteiger partial charge in [-0.15, -0.1) is 6.58 Å². The van der Waals surface area contributed by atoms with E-state index in [1.807, 2.05) is 32.0 Å². The van der Waals surface area contributed by atoms with Crippen LogP contribution in [0.2, 0.25) is 0 Å². The molecule has 1 aliphatic rings. The number of ether oxygens (including phenoxy) is 2. The average Bonchev–Trinajstić information content (AvgIpc) is 3.03. The van der Waals surface area contributed by atoms with Crippen LogP contribution in [0.25, 0.3) is 6.08 Å². The number of thioether (sulfide) groups is 1. The van der Waals surface area contributed by atoms with E-state index in [4.69, 9.17) is 21.7 Å². The molecule has 3 rings (SSSR count). The SMILES string of the molecule is C=CCN1C(=O)/C(=C/c2cc(Br)c(OCC(=O)Nc3c(C)cccc3C)c(OC)c2)SC1=S. The second kappa shape index (κ2) is 11.0. The van der Waals surface area contributed by atoms with Gasteiger partial charge in [0.15, 0.2) is 18.1 Å². The zero-order chi connectivity index (χ0) is 24.1. The molecule has 2 aromatic carbocycles. The van der Waals surface area contributed by atoms with Crippen LogP contribution in [0.4, 0.5) is 5.69 Å². The fourth-order valence-electron chi connectivity index (χ4n) is 3.23. The number of methoxy groups -OCH3 is 1. The Balaban J connectivity index is 1.76. The van der Waals surface area contributed by atoms with Crippen molar-refractivity contribution in [3.05, 3.63) is 69.1 Å². The number of carbonyl (C=O) groups is 2. The quantitative estimate of drug-likeness (QED) is 0.268. The van der Waals surface area contributed by atoms with Crippen LogP contribution < -0.4 is 14.8 Å². The molecule has 0 aliphatic carbocycles. The largest absolute Gasteiger partial charge is 0.493 e. The highest BCUT2D eigenvalue weighted by Gasteiger charge is 2.31. The van der Waals surface area contributed by atoms with E-state index in [1.54, 1.807) is 24.3 Å². The summed E-state index contributed by atoms with van der Waals surface area (Å²) in [5, 5.41) is 2.90. The molecule has 1 fully saturated rings. The highest BCUT2D eigenvalue weighted by Crippen LogP contribution is 2.39. The predicted octanol–water partition coefficient (Wildman–Crippen LogP) is 5.48. The summed E-state index contributed by atoms with van der Waals surface area (Å²) in [5.41, 5.74) is 3.46. The summed E-state index contributed by atoms with van der Waals surface area (Å²) in [6.07, 6.45) is 3.38. The van der Waals surface area contributed by atoms with Gasteiger partial charge in [0.2, 0.25) is 0 Å². The second-order valence-electron chi connectivity index (χ2n) is 7.22. The van der Waals surface area contributed by atoms with Crippen LogP contribution in [-0.4, -0.2) is 41.3 Å². The number of anilines is 1. The number of rotatable bonds is 8. The van der Waals surface area contributed by atoms with Gasteiger partial charge < -0.3 is 14.8 Å². The first kappa shape index (κ1) is 25.0. The van der Waals surface area contributed by atoms with Gasteiger partial charge in [0, 0.05) is 12.2 Å². The molecule has 2 aromatic rings. The van der Waals surface area contributed by atoms with Crippen molar-refractivity contribution in [1.82, 2.24) is 4.90 Å². The lowest BCUT2D eigenvalue weighted by Crippen LogP contribution is -2.27. The maximum atomic E-state index is 12.6. The zero-order valence-electron chi connectivity index (χ0n) is 18.4. The Hall–Kier alpha value is -2.62. The summed E-state index contributed by atoms with van der Waals surface area (Å²) in [6, 6.07) is 9.35. The monoisotopic (exact) mass is 546 g/mol. The highest BCUT2D eigenvalue weighted by molar-refractivity contribution is 9.10. The van der Waals surface area contributed by atoms with E-state index in [2.05, 4.69) is 27.8 Å². The van der Waals surface area contributed by atoms with Gasteiger partial charge in [-0.3, -0.25) is 14.5 Å². The van der Waals surface area contributed by atoms with Crippen molar-refractivity contribution in [2.45, 2.75) is 13.8 Å². The third-order valence-electron chi connectivity index (χ3n) is 4.83. The average molecular weight is 547 g/mol. The summed E-state index contributed by atoms with van der Waals surface area (Å²) < 4.78 is 12.3. The molecule has 0 bridgehead atoms. The molecule has 0 saturated carbocycles. The summed E-state index contributed by atoms with van der Waals surface area (Å²) >= 11 is 10.0. The lowest BCUT2D eigenvalue weighted by Gasteiger charge is -2.15. The van der Waals surface area contributed by atoms with Gasteiger partial charge >= 0.3 is 0 Å². The van der Waals surface area contributed by atoms with E-state index in [0.717, 1.165) is 22.4 Å². The number of aryl methyl sites for hydroxylation is 2. The highest BCUT2D eigenvalue weighted by atomic mass is 79.9. The molecule has 0 aromatic heterocycles. The molecular formula is C24H23BrN2O4S2. The Kier molecular flexibility index (Phi) is 8.34. The van der Waals surface area contributed by atoms with E-state index in [0.29, 0.717) is 31.7 Å². The molecule has 2 amide bonds. The first-order chi connectivity index (χ1) is 15.7. The van der Waals surface area contributed by atoms with Gasteiger partial charge in [-0.05, 0) is 64.7 Å². The van der Waals surface area contributed by atoms with Crippen LogP contribution in [0.1, 0.15) is 16.7 Å². The number of halogens is 1. The van der Waals surface area contributed by atoms with E-state index in [-0.39, 0.29) is 18.4 Å². The fraction of sp³-hybridized carbons (Fsp3) is 0.208. The van der Waals surface area contributed by atoms with Crippen LogP contribution in [0.15, 0.2) is 52.4 Å². The molecule has 172 valence electrons. The molecule has 1 N–H and O–H groups in total. The molecule has 1 aliphatic heterocycles. The minimum absolute atomic E-state index is 0.163. The number of nitrogens with one attached hydrogen (secondary N) is 1. The van der Waals surface area contributed by atoms with E-state index in [1.165, 1.54) is 23.8 Å². The minimum atomic E-state index is -0.281. The molecule has 0 radical (unpaired) electrons. The number of hydrogen-bond donors (Lipinski definition) is 1. The third kappa shape index (κ3) is 5.85. The Morgan fingerprint density at radius 3 is 2.64 bits per heavy atom. The summed E-state index contributed by atoms with van der Waals surface area (Å²) in [4.78, 5) is 27.1. The van der Waals surface area contributed by atoms with E-state index in [9.17, 15) is 9.59 Å². The van der Waals surface area contributed by atoms with Crippen molar-refractivity contribution in [2.75, 3.05) is 25.6 Å². The number of nitrogens with zero attached hydrogens (tertiary/aromatic N) is 1. The van der Waals surface area contributed by atoms with Crippen molar-refractivity contribution in [3.63, 3.8) is 0 Å². The van der Waals surface area contributed by atoms with E-state index < -0.39 is 0 Å². The van der Waals surface area contributed by atoms with Crippen LogP contribution in [-0.2, 0) is 9.59 Å². The lowest BCUT2D eigenvalue weighted by molar-refractivity contribution is -0.121. The van der Waals surface area contributed by atoms with Crippen molar-refractivity contribution in [2.24, 2.45) is 0 Å². The van der Waals surface area contributed by atoms with Gasteiger partial charge in [0.05, 0.1) is 16.5 Å².